The molecule has 0 aliphatic heterocycles. The lowest BCUT2D eigenvalue weighted by Gasteiger charge is -2.16. The molecule has 104 valence electrons. The molecule has 19 heavy (non-hydrogen) atoms. The summed E-state index contributed by atoms with van der Waals surface area (Å²) in [6.45, 7) is 2.12. The van der Waals surface area contributed by atoms with Crippen molar-refractivity contribution in [3.8, 4) is 0 Å². The van der Waals surface area contributed by atoms with E-state index in [4.69, 9.17) is 9.47 Å². The Labute approximate surface area is 115 Å². The molecule has 0 bridgehead atoms. The summed E-state index contributed by atoms with van der Waals surface area (Å²) in [5.41, 5.74) is 2.61. The van der Waals surface area contributed by atoms with Gasteiger partial charge in [0.15, 0.2) is 0 Å². The number of rotatable bonds is 4. The summed E-state index contributed by atoms with van der Waals surface area (Å²) in [6, 6.07) is 0. The van der Waals surface area contributed by atoms with Gasteiger partial charge in [-0.3, -0.25) is 9.59 Å². The maximum Gasteiger partial charge on any atom is 0.310 e. The number of carbonyl (C=O) groups is 2. The van der Waals surface area contributed by atoms with Crippen LogP contribution >= 0.6 is 11.3 Å². The summed E-state index contributed by atoms with van der Waals surface area (Å²) in [4.78, 5) is 28.7. The first-order valence-electron chi connectivity index (χ1n) is 6.27. The minimum absolute atomic E-state index is 0.236. The molecular formula is C13H17NO4S. The highest BCUT2D eigenvalue weighted by Gasteiger charge is 2.39. The van der Waals surface area contributed by atoms with E-state index in [0.29, 0.717) is 12.8 Å². The number of esters is 2. The van der Waals surface area contributed by atoms with Crippen LogP contribution in [0.3, 0.4) is 0 Å². The van der Waals surface area contributed by atoms with Crippen molar-refractivity contribution in [1.82, 2.24) is 4.98 Å². The second-order valence-corrected chi connectivity index (χ2v) is 5.58. The van der Waals surface area contributed by atoms with E-state index >= 15 is 0 Å². The third-order valence-electron chi connectivity index (χ3n) is 3.51. The summed E-state index contributed by atoms with van der Waals surface area (Å²) < 4.78 is 10.0. The van der Waals surface area contributed by atoms with Gasteiger partial charge in [0.1, 0.15) is 6.61 Å². The van der Waals surface area contributed by atoms with Crippen molar-refractivity contribution < 1.29 is 19.1 Å². The Balaban J connectivity index is 1.92. The molecule has 1 aliphatic rings. The molecule has 5 nitrogen and oxygen atoms in total. The molecule has 1 fully saturated rings. The summed E-state index contributed by atoms with van der Waals surface area (Å²) in [5.74, 6) is -1.32. The smallest absolute Gasteiger partial charge is 0.310 e. The maximum absolute atomic E-state index is 12.0. The molecule has 1 aliphatic carbocycles. The zero-order chi connectivity index (χ0) is 13.8. The minimum Gasteiger partial charge on any atom is -0.469 e. The quantitative estimate of drug-likeness (QED) is 0.792. The van der Waals surface area contributed by atoms with Crippen molar-refractivity contribution in [2.45, 2.75) is 32.8 Å². The molecule has 0 aromatic carbocycles. The van der Waals surface area contributed by atoms with E-state index in [2.05, 4.69) is 4.98 Å². The number of ether oxygens (including phenoxy) is 2. The number of methoxy groups -OCH3 is 1. The SMILES string of the molecule is COC(=O)[C@@H]1CCC[C@H]1C(=O)OCc1scnc1C. The van der Waals surface area contributed by atoms with Gasteiger partial charge in [-0.1, -0.05) is 6.42 Å². The van der Waals surface area contributed by atoms with Gasteiger partial charge in [-0.25, -0.2) is 4.98 Å². The molecule has 0 amide bonds. The average Bonchev–Trinajstić information content (AvgIpc) is 3.04. The zero-order valence-corrected chi connectivity index (χ0v) is 11.9. The minimum atomic E-state index is -0.360. The molecule has 0 spiro atoms. The van der Waals surface area contributed by atoms with E-state index in [1.807, 2.05) is 6.92 Å². The zero-order valence-electron chi connectivity index (χ0n) is 11.0. The summed E-state index contributed by atoms with van der Waals surface area (Å²) in [5, 5.41) is 0. The van der Waals surface area contributed by atoms with Gasteiger partial charge in [-0.05, 0) is 19.8 Å². The van der Waals surface area contributed by atoms with Crippen LogP contribution in [0.4, 0.5) is 0 Å². The van der Waals surface area contributed by atoms with Crippen molar-refractivity contribution in [2.24, 2.45) is 11.8 Å². The van der Waals surface area contributed by atoms with Crippen LogP contribution in [-0.4, -0.2) is 24.0 Å². The van der Waals surface area contributed by atoms with Gasteiger partial charge in [-0.15, -0.1) is 11.3 Å². The van der Waals surface area contributed by atoms with E-state index in [1.54, 1.807) is 5.51 Å². The standard InChI is InChI=1S/C13H17NO4S/c1-8-11(19-7-14-8)6-18-13(16)10-5-3-4-9(10)12(15)17-2/h7,9-10H,3-6H2,1-2H3/t9-,10-/m1/s1. The van der Waals surface area contributed by atoms with Crippen LogP contribution in [0.15, 0.2) is 5.51 Å². The summed E-state index contributed by atoms with van der Waals surface area (Å²) in [6.07, 6.45) is 2.26. The van der Waals surface area contributed by atoms with Crippen LogP contribution in [0, 0.1) is 18.8 Å². The molecular weight excluding hydrogens is 266 g/mol. The molecule has 0 unspecified atom stereocenters. The lowest BCUT2D eigenvalue weighted by molar-refractivity contribution is -0.158. The Morgan fingerprint density at radius 3 is 2.63 bits per heavy atom. The van der Waals surface area contributed by atoms with Crippen molar-refractivity contribution in [1.29, 1.82) is 0 Å². The third kappa shape index (κ3) is 3.12. The first-order valence-corrected chi connectivity index (χ1v) is 7.15. The maximum atomic E-state index is 12.0. The van der Waals surface area contributed by atoms with Gasteiger partial charge in [0.05, 0.1) is 35.0 Å². The van der Waals surface area contributed by atoms with Gasteiger partial charge in [-0.2, -0.15) is 0 Å². The lowest BCUT2D eigenvalue weighted by Crippen LogP contribution is -2.27. The Hall–Kier alpha value is -1.43. The largest absolute Gasteiger partial charge is 0.469 e. The number of hydrogen-bond acceptors (Lipinski definition) is 6. The molecule has 0 saturated heterocycles. The molecule has 1 heterocycles. The number of aromatic nitrogens is 1. The van der Waals surface area contributed by atoms with Crippen molar-refractivity contribution in [3.63, 3.8) is 0 Å². The van der Waals surface area contributed by atoms with Crippen LogP contribution in [0.1, 0.15) is 29.8 Å². The topological polar surface area (TPSA) is 65.5 Å². The van der Waals surface area contributed by atoms with Crippen LogP contribution in [0.5, 0.6) is 0 Å². The predicted octanol–water partition coefficient (Wildman–Crippen LogP) is 2.08. The number of carbonyl (C=O) groups excluding carboxylic acids is 2. The van der Waals surface area contributed by atoms with E-state index in [0.717, 1.165) is 17.0 Å². The fourth-order valence-electron chi connectivity index (χ4n) is 2.38. The fourth-order valence-corrected chi connectivity index (χ4v) is 3.07. The van der Waals surface area contributed by atoms with E-state index in [1.165, 1.54) is 18.4 Å². The first kappa shape index (κ1) is 14.0. The Kier molecular flexibility index (Phi) is 4.52. The van der Waals surface area contributed by atoms with Crippen LogP contribution in [0.2, 0.25) is 0 Å². The highest BCUT2D eigenvalue weighted by molar-refractivity contribution is 7.09. The fraction of sp³-hybridized carbons (Fsp3) is 0.615. The van der Waals surface area contributed by atoms with Gasteiger partial charge in [0, 0.05) is 0 Å². The van der Waals surface area contributed by atoms with Crippen LogP contribution in [0.25, 0.3) is 0 Å². The second kappa shape index (κ2) is 6.14. The molecule has 2 atom stereocenters. The van der Waals surface area contributed by atoms with Crippen LogP contribution < -0.4 is 0 Å². The Bertz CT molecular complexity index is 471. The van der Waals surface area contributed by atoms with E-state index in [-0.39, 0.29) is 30.4 Å². The molecule has 0 radical (unpaired) electrons. The molecule has 0 N–H and O–H groups in total. The van der Waals surface area contributed by atoms with Gasteiger partial charge in [0.2, 0.25) is 0 Å². The highest BCUT2D eigenvalue weighted by atomic mass is 32.1. The third-order valence-corrected chi connectivity index (χ3v) is 4.42. The van der Waals surface area contributed by atoms with Gasteiger partial charge >= 0.3 is 11.9 Å². The lowest BCUT2D eigenvalue weighted by atomic mass is 9.96. The molecule has 1 aromatic rings. The number of aryl methyl sites for hydroxylation is 1. The van der Waals surface area contributed by atoms with Crippen molar-refractivity contribution in [3.05, 3.63) is 16.1 Å². The van der Waals surface area contributed by atoms with Gasteiger partial charge in [0.25, 0.3) is 0 Å². The number of thiazole rings is 1. The molecule has 2 rings (SSSR count). The molecule has 1 saturated carbocycles. The molecule has 6 heteroatoms. The average molecular weight is 283 g/mol. The predicted molar refractivity (Wildman–Crippen MR) is 69.5 cm³/mol. The summed E-state index contributed by atoms with van der Waals surface area (Å²) >= 11 is 1.47. The molecule has 1 aromatic heterocycles. The number of nitrogens with zero attached hydrogens (tertiary/aromatic N) is 1. The summed E-state index contributed by atoms with van der Waals surface area (Å²) in [7, 11) is 1.35. The van der Waals surface area contributed by atoms with E-state index in [9.17, 15) is 9.59 Å². The van der Waals surface area contributed by atoms with E-state index < -0.39 is 0 Å². The van der Waals surface area contributed by atoms with Crippen molar-refractivity contribution in [2.75, 3.05) is 7.11 Å². The normalized spacial score (nSPS) is 22.2. The monoisotopic (exact) mass is 283 g/mol. The Morgan fingerprint density at radius 2 is 2.05 bits per heavy atom. The highest BCUT2D eigenvalue weighted by Crippen LogP contribution is 2.33. The Morgan fingerprint density at radius 1 is 1.37 bits per heavy atom. The number of hydrogen-bond donors (Lipinski definition) is 0. The van der Waals surface area contributed by atoms with Gasteiger partial charge < -0.3 is 9.47 Å². The van der Waals surface area contributed by atoms with Crippen molar-refractivity contribution >= 4 is 23.3 Å². The first-order chi connectivity index (χ1) is 9.13. The van der Waals surface area contributed by atoms with Crippen LogP contribution in [-0.2, 0) is 25.7 Å². The second-order valence-electron chi connectivity index (χ2n) is 4.64.